The third-order valence-electron chi connectivity index (χ3n) is 2.05. The number of benzene rings is 1. The molecule has 1 rings (SSSR count). The molecule has 0 amide bonds. The van der Waals surface area contributed by atoms with Crippen LogP contribution in [0.5, 0.6) is 0 Å². The second-order valence-corrected chi connectivity index (χ2v) is 5.75. The molecule has 0 atom stereocenters. The van der Waals surface area contributed by atoms with Gasteiger partial charge in [0.15, 0.2) is 0 Å². The fourth-order valence-electron chi connectivity index (χ4n) is 1.25. The predicted octanol–water partition coefficient (Wildman–Crippen LogP) is 3.26. The molecule has 4 heteroatoms. The summed E-state index contributed by atoms with van der Waals surface area (Å²) >= 11 is 3.21. The molecule has 18 heavy (non-hydrogen) atoms. The summed E-state index contributed by atoms with van der Waals surface area (Å²) in [6.07, 6.45) is 1.69. The summed E-state index contributed by atoms with van der Waals surface area (Å²) in [5.41, 5.74) is 1.19. The number of esters is 1. The summed E-state index contributed by atoms with van der Waals surface area (Å²) < 4.78 is 5.59. The molecule has 0 saturated carbocycles. The molecule has 0 aliphatic carbocycles. The van der Waals surface area contributed by atoms with Gasteiger partial charge < -0.3 is 9.84 Å². The van der Waals surface area contributed by atoms with Gasteiger partial charge in [0, 0.05) is 0 Å². The highest BCUT2D eigenvalue weighted by Gasteiger charge is 2.18. The molecule has 0 bridgehead atoms. The minimum atomic E-state index is -0.509. The van der Waals surface area contributed by atoms with E-state index in [-0.39, 0.29) is 6.61 Å². The number of aliphatic hydroxyl groups is 1. The van der Waals surface area contributed by atoms with E-state index < -0.39 is 11.6 Å². The highest BCUT2D eigenvalue weighted by atomic mass is 79.9. The molecule has 0 unspecified atom stereocenters. The Kier molecular flexibility index (Phi) is 5.11. The van der Waals surface area contributed by atoms with E-state index in [1.165, 1.54) is 0 Å². The van der Waals surface area contributed by atoms with Gasteiger partial charge in [0.25, 0.3) is 0 Å². The Morgan fingerprint density at radius 1 is 1.33 bits per heavy atom. The lowest BCUT2D eigenvalue weighted by Gasteiger charge is -2.19. The summed E-state index contributed by atoms with van der Waals surface area (Å²) in [6, 6.07) is 7.27. The monoisotopic (exact) mass is 312 g/mol. The Morgan fingerprint density at radius 3 is 2.33 bits per heavy atom. The number of carbonyl (C=O) groups excluding carboxylic acids is 1. The van der Waals surface area contributed by atoms with E-state index in [4.69, 9.17) is 9.84 Å². The van der Waals surface area contributed by atoms with E-state index in [0.717, 1.165) is 11.1 Å². The highest BCUT2D eigenvalue weighted by Crippen LogP contribution is 2.18. The van der Waals surface area contributed by atoms with Crippen molar-refractivity contribution in [2.45, 2.75) is 33.0 Å². The number of ether oxygens (including phenoxy) is 1. The summed E-state index contributed by atoms with van der Waals surface area (Å²) in [5, 5.41) is 8.93. The maximum atomic E-state index is 11.7. The minimum absolute atomic E-state index is 0.0111. The van der Waals surface area contributed by atoms with Gasteiger partial charge in [-0.1, -0.05) is 24.3 Å². The first-order valence-electron chi connectivity index (χ1n) is 5.62. The van der Waals surface area contributed by atoms with Crippen LogP contribution in [0.2, 0.25) is 0 Å². The van der Waals surface area contributed by atoms with Crippen molar-refractivity contribution in [1.82, 2.24) is 0 Å². The van der Waals surface area contributed by atoms with Crippen molar-refractivity contribution in [3.8, 4) is 0 Å². The third kappa shape index (κ3) is 5.02. The van der Waals surface area contributed by atoms with E-state index in [1.54, 1.807) is 18.2 Å². The first kappa shape index (κ1) is 14.9. The van der Waals surface area contributed by atoms with Crippen LogP contribution in [0.3, 0.4) is 0 Å². The second kappa shape index (κ2) is 6.16. The first-order valence-corrected chi connectivity index (χ1v) is 6.41. The number of halogens is 1. The summed E-state index contributed by atoms with van der Waals surface area (Å²) in [6.45, 7) is 5.47. The van der Waals surface area contributed by atoms with Gasteiger partial charge in [-0.2, -0.15) is 0 Å². The largest absolute Gasteiger partial charge is 0.456 e. The topological polar surface area (TPSA) is 46.5 Å². The Labute approximate surface area is 116 Å². The molecule has 0 fully saturated rings. The Balaban J connectivity index is 2.78. The molecule has 0 aliphatic rings. The average molecular weight is 313 g/mol. The number of aliphatic hydroxyl groups excluding tert-OH is 1. The van der Waals surface area contributed by atoms with Crippen molar-refractivity contribution in [1.29, 1.82) is 0 Å². The zero-order chi connectivity index (χ0) is 13.8. The Hall–Kier alpha value is -1.13. The van der Waals surface area contributed by atoms with E-state index in [9.17, 15) is 4.79 Å². The molecule has 0 radical (unpaired) electrons. The van der Waals surface area contributed by atoms with E-state index in [2.05, 4.69) is 15.9 Å². The Bertz CT molecular complexity index is 441. The summed E-state index contributed by atoms with van der Waals surface area (Å²) in [7, 11) is 0. The quantitative estimate of drug-likeness (QED) is 0.688. The van der Waals surface area contributed by atoms with Crippen LogP contribution in [0.25, 0.3) is 6.08 Å². The number of carbonyl (C=O) groups is 1. The number of rotatable bonds is 3. The predicted molar refractivity (Wildman–Crippen MR) is 75.1 cm³/mol. The molecule has 0 spiro atoms. The van der Waals surface area contributed by atoms with Gasteiger partial charge >= 0.3 is 5.97 Å². The van der Waals surface area contributed by atoms with Gasteiger partial charge in [0.2, 0.25) is 0 Å². The molecule has 0 saturated heterocycles. The zero-order valence-electron chi connectivity index (χ0n) is 10.7. The summed E-state index contributed by atoms with van der Waals surface area (Å²) in [5.74, 6) is -0.395. The SMILES string of the molecule is CC(C)(C)OC(=O)/C(Br)=C/c1ccc(CO)cc1. The van der Waals surface area contributed by atoms with Crippen molar-refractivity contribution >= 4 is 28.0 Å². The fourth-order valence-corrected chi connectivity index (χ4v) is 1.60. The molecular formula is C14H17BrO3. The molecule has 1 N–H and O–H groups in total. The number of hydrogen-bond acceptors (Lipinski definition) is 3. The molecule has 0 aliphatic heterocycles. The van der Waals surface area contributed by atoms with Gasteiger partial charge in [0.1, 0.15) is 10.1 Å². The van der Waals surface area contributed by atoms with Gasteiger partial charge in [-0.15, -0.1) is 0 Å². The maximum absolute atomic E-state index is 11.7. The molecule has 1 aromatic carbocycles. The van der Waals surface area contributed by atoms with Crippen LogP contribution in [0.4, 0.5) is 0 Å². The zero-order valence-corrected chi connectivity index (χ0v) is 12.3. The van der Waals surface area contributed by atoms with E-state index in [1.807, 2.05) is 32.9 Å². The molecular weight excluding hydrogens is 296 g/mol. The molecule has 0 aromatic heterocycles. The van der Waals surface area contributed by atoms with Crippen LogP contribution >= 0.6 is 15.9 Å². The lowest BCUT2D eigenvalue weighted by molar-refractivity contribution is -0.148. The lowest BCUT2D eigenvalue weighted by Crippen LogP contribution is -2.23. The van der Waals surface area contributed by atoms with Crippen molar-refractivity contribution in [3.05, 3.63) is 39.9 Å². The third-order valence-corrected chi connectivity index (χ3v) is 2.60. The van der Waals surface area contributed by atoms with Crippen LogP contribution in [-0.4, -0.2) is 16.7 Å². The lowest BCUT2D eigenvalue weighted by atomic mass is 10.1. The van der Waals surface area contributed by atoms with Crippen molar-refractivity contribution < 1.29 is 14.6 Å². The van der Waals surface area contributed by atoms with E-state index >= 15 is 0 Å². The standard InChI is InChI=1S/C14H17BrO3/c1-14(2,3)18-13(17)12(15)8-10-4-6-11(9-16)7-5-10/h4-8,16H,9H2,1-3H3/b12-8-. The van der Waals surface area contributed by atoms with Crippen LogP contribution in [0, 0.1) is 0 Å². The van der Waals surface area contributed by atoms with Crippen molar-refractivity contribution in [2.75, 3.05) is 0 Å². The number of hydrogen-bond donors (Lipinski definition) is 1. The van der Waals surface area contributed by atoms with Crippen molar-refractivity contribution in [2.24, 2.45) is 0 Å². The normalized spacial score (nSPS) is 12.4. The van der Waals surface area contributed by atoms with Crippen LogP contribution in [-0.2, 0) is 16.1 Å². The van der Waals surface area contributed by atoms with Crippen molar-refractivity contribution in [3.63, 3.8) is 0 Å². The van der Waals surface area contributed by atoms with Crippen LogP contribution < -0.4 is 0 Å². The summed E-state index contributed by atoms with van der Waals surface area (Å²) in [4.78, 5) is 11.7. The highest BCUT2D eigenvalue weighted by molar-refractivity contribution is 9.12. The minimum Gasteiger partial charge on any atom is -0.456 e. The fraction of sp³-hybridized carbons (Fsp3) is 0.357. The molecule has 0 heterocycles. The smallest absolute Gasteiger partial charge is 0.345 e. The molecule has 1 aromatic rings. The molecule has 98 valence electrons. The van der Waals surface area contributed by atoms with Crippen LogP contribution in [0.1, 0.15) is 31.9 Å². The molecule has 3 nitrogen and oxygen atoms in total. The van der Waals surface area contributed by atoms with E-state index in [0.29, 0.717) is 4.48 Å². The first-order chi connectivity index (χ1) is 8.31. The maximum Gasteiger partial charge on any atom is 0.345 e. The van der Waals surface area contributed by atoms with Gasteiger partial charge in [0.05, 0.1) is 6.61 Å². The van der Waals surface area contributed by atoms with Gasteiger partial charge in [-0.05, 0) is 53.9 Å². The van der Waals surface area contributed by atoms with Gasteiger partial charge in [-0.3, -0.25) is 0 Å². The van der Waals surface area contributed by atoms with Gasteiger partial charge in [-0.25, -0.2) is 4.79 Å². The second-order valence-electron chi connectivity index (χ2n) is 4.89. The van der Waals surface area contributed by atoms with Crippen LogP contribution in [0.15, 0.2) is 28.7 Å². The average Bonchev–Trinajstić information content (AvgIpc) is 2.27. The Morgan fingerprint density at radius 2 is 1.89 bits per heavy atom.